The molecule has 0 aromatic carbocycles. The molecule has 0 spiro atoms. The minimum atomic E-state index is 0.259. The minimum Gasteiger partial charge on any atom is -0.463 e. The number of hydrogen-bond acceptors (Lipinski definition) is 4. The van der Waals surface area contributed by atoms with Crippen LogP contribution < -0.4 is 0 Å². The first-order valence-electron chi connectivity index (χ1n) is 6.80. The Morgan fingerprint density at radius 1 is 1.17 bits per heavy atom. The molecule has 0 radical (unpaired) electrons. The van der Waals surface area contributed by atoms with Gasteiger partial charge in [-0.1, -0.05) is 6.08 Å². The third-order valence-electron chi connectivity index (χ3n) is 3.26. The van der Waals surface area contributed by atoms with Crippen molar-refractivity contribution < 1.29 is 18.9 Å². The fraction of sp³-hybridized carbons (Fsp3) is 0.714. The number of hydrogen-bond donors (Lipinski definition) is 0. The molecule has 1 aliphatic carbocycles. The van der Waals surface area contributed by atoms with E-state index in [9.17, 15) is 0 Å². The lowest BCUT2D eigenvalue weighted by Gasteiger charge is -2.13. The van der Waals surface area contributed by atoms with Crippen LogP contribution in [0.25, 0.3) is 0 Å². The molecular weight excluding hydrogens is 232 g/mol. The fourth-order valence-corrected chi connectivity index (χ4v) is 1.95. The Morgan fingerprint density at radius 2 is 1.83 bits per heavy atom. The Labute approximate surface area is 108 Å². The molecule has 100 valence electrons. The zero-order valence-electron chi connectivity index (χ0n) is 10.6. The standard InChI is InChI=1S/C14H20O4/c1-2-4-11(5-3-1)6-14(17-9-12-7-15-12)18-10-13-8-16-13/h4,6,12-13H,1-3,5,7-10H2. The zero-order valence-corrected chi connectivity index (χ0v) is 10.6. The van der Waals surface area contributed by atoms with Crippen molar-refractivity contribution >= 4 is 0 Å². The second kappa shape index (κ2) is 5.76. The maximum atomic E-state index is 5.66. The molecule has 3 rings (SSSR count). The molecule has 3 aliphatic rings. The molecule has 0 bridgehead atoms. The van der Waals surface area contributed by atoms with E-state index >= 15 is 0 Å². The van der Waals surface area contributed by atoms with Gasteiger partial charge >= 0.3 is 0 Å². The Hall–Kier alpha value is -1.00. The molecule has 4 heteroatoms. The van der Waals surface area contributed by atoms with Gasteiger partial charge in [0.2, 0.25) is 0 Å². The summed E-state index contributed by atoms with van der Waals surface area (Å²) >= 11 is 0. The molecule has 2 unspecified atom stereocenters. The third-order valence-corrected chi connectivity index (χ3v) is 3.26. The molecule has 4 nitrogen and oxygen atoms in total. The Balaban J connectivity index is 1.53. The van der Waals surface area contributed by atoms with Gasteiger partial charge in [-0.2, -0.15) is 0 Å². The van der Waals surface area contributed by atoms with Gasteiger partial charge in [0.15, 0.2) is 0 Å². The van der Waals surface area contributed by atoms with Gasteiger partial charge in [-0.3, -0.25) is 0 Å². The summed E-state index contributed by atoms with van der Waals surface area (Å²) in [7, 11) is 0. The van der Waals surface area contributed by atoms with Gasteiger partial charge in [-0.05, 0) is 31.3 Å². The first-order chi connectivity index (χ1) is 8.90. The van der Waals surface area contributed by atoms with Gasteiger partial charge in [0.1, 0.15) is 25.4 Å². The predicted molar refractivity (Wildman–Crippen MR) is 66.0 cm³/mol. The number of rotatable bonds is 7. The van der Waals surface area contributed by atoms with E-state index in [4.69, 9.17) is 18.9 Å². The van der Waals surface area contributed by atoms with Crippen LogP contribution in [0.4, 0.5) is 0 Å². The van der Waals surface area contributed by atoms with Crippen molar-refractivity contribution in [3.8, 4) is 0 Å². The molecular formula is C14H20O4. The first-order valence-corrected chi connectivity index (χ1v) is 6.80. The van der Waals surface area contributed by atoms with E-state index < -0.39 is 0 Å². The molecule has 2 aliphatic heterocycles. The molecule has 2 atom stereocenters. The second-order valence-electron chi connectivity index (χ2n) is 5.02. The highest BCUT2D eigenvalue weighted by Gasteiger charge is 2.26. The summed E-state index contributed by atoms with van der Waals surface area (Å²) in [5, 5.41) is 0. The van der Waals surface area contributed by atoms with E-state index in [2.05, 4.69) is 6.08 Å². The van der Waals surface area contributed by atoms with Crippen molar-refractivity contribution in [2.45, 2.75) is 37.9 Å². The highest BCUT2D eigenvalue weighted by molar-refractivity contribution is 5.21. The van der Waals surface area contributed by atoms with Crippen molar-refractivity contribution in [1.82, 2.24) is 0 Å². The normalized spacial score (nSPS) is 29.2. The van der Waals surface area contributed by atoms with Crippen LogP contribution in [-0.2, 0) is 18.9 Å². The summed E-state index contributed by atoms with van der Waals surface area (Å²) in [6.07, 6.45) is 9.66. The van der Waals surface area contributed by atoms with Gasteiger partial charge < -0.3 is 18.9 Å². The van der Waals surface area contributed by atoms with Crippen molar-refractivity contribution in [2.24, 2.45) is 0 Å². The van der Waals surface area contributed by atoms with Crippen molar-refractivity contribution in [1.29, 1.82) is 0 Å². The van der Waals surface area contributed by atoms with E-state index in [0.717, 1.165) is 26.1 Å². The highest BCUT2D eigenvalue weighted by atomic mass is 16.7. The Morgan fingerprint density at radius 3 is 2.33 bits per heavy atom. The summed E-state index contributed by atoms with van der Waals surface area (Å²) in [5.74, 6) is 0.620. The average Bonchev–Trinajstić information content (AvgIpc) is 3.28. The molecule has 0 saturated carbocycles. The Kier molecular flexibility index (Phi) is 3.86. The van der Waals surface area contributed by atoms with Gasteiger partial charge in [-0.25, -0.2) is 0 Å². The second-order valence-corrected chi connectivity index (χ2v) is 5.02. The van der Waals surface area contributed by atoms with Crippen LogP contribution in [0.2, 0.25) is 0 Å². The maximum absolute atomic E-state index is 5.66. The highest BCUT2D eigenvalue weighted by Crippen LogP contribution is 2.22. The van der Waals surface area contributed by atoms with Crippen molar-refractivity contribution in [2.75, 3.05) is 26.4 Å². The molecule has 2 saturated heterocycles. The monoisotopic (exact) mass is 252 g/mol. The Bertz CT molecular complexity index is 322. The topological polar surface area (TPSA) is 43.5 Å². The smallest absolute Gasteiger partial charge is 0.279 e. The number of ether oxygens (including phenoxy) is 4. The minimum absolute atomic E-state index is 0.259. The molecule has 2 heterocycles. The first kappa shape index (κ1) is 12.1. The van der Waals surface area contributed by atoms with Gasteiger partial charge in [0.05, 0.1) is 13.2 Å². The summed E-state index contributed by atoms with van der Waals surface area (Å²) in [6.45, 7) is 2.79. The van der Waals surface area contributed by atoms with Crippen molar-refractivity contribution in [3.63, 3.8) is 0 Å². The van der Waals surface area contributed by atoms with Crippen LogP contribution in [0.3, 0.4) is 0 Å². The maximum Gasteiger partial charge on any atom is 0.279 e. The van der Waals surface area contributed by atoms with E-state index in [1.165, 1.54) is 18.4 Å². The largest absolute Gasteiger partial charge is 0.463 e. The van der Waals surface area contributed by atoms with Crippen LogP contribution in [-0.4, -0.2) is 38.6 Å². The van der Waals surface area contributed by atoms with Crippen LogP contribution in [0, 0.1) is 0 Å². The predicted octanol–water partition coefficient (Wildman–Crippen LogP) is 2.16. The number of allylic oxidation sites excluding steroid dienone is 3. The molecule has 0 aromatic heterocycles. The van der Waals surface area contributed by atoms with E-state index in [0.29, 0.717) is 19.2 Å². The summed E-state index contributed by atoms with van der Waals surface area (Å²) in [4.78, 5) is 0. The van der Waals surface area contributed by atoms with Crippen LogP contribution in [0.1, 0.15) is 25.7 Å². The third kappa shape index (κ3) is 4.03. The fourth-order valence-electron chi connectivity index (χ4n) is 1.95. The summed E-state index contributed by atoms with van der Waals surface area (Å²) in [5.41, 5.74) is 1.32. The molecule has 0 N–H and O–H groups in total. The molecule has 2 fully saturated rings. The van der Waals surface area contributed by atoms with Crippen LogP contribution in [0.15, 0.2) is 23.7 Å². The summed E-state index contributed by atoms with van der Waals surface area (Å²) in [6, 6.07) is 0. The number of epoxide rings is 2. The zero-order chi connectivity index (χ0) is 12.2. The van der Waals surface area contributed by atoms with Crippen molar-refractivity contribution in [3.05, 3.63) is 23.7 Å². The molecule has 18 heavy (non-hydrogen) atoms. The van der Waals surface area contributed by atoms with E-state index in [1.54, 1.807) is 0 Å². The van der Waals surface area contributed by atoms with E-state index in [1.807, 2.05) is 6.08 Å². The quantitative estimate of drug-likeness (QED) is 0.514. The van der Waals surface area contributed by atoms with Crippen LogP contribution >= 0.6 is 0 Å². The van der Waals surface area contributed by atoms with Gasteiger partial charge in [-0.15, -0.1) is 0 Å². The lowest BCUT2D eigenvalue weighted by Crippen LogP contribution is -2.08. The van der Waals surface area contributed by atoms with Gasteiger partial charge in [0.25, 0.3) is 5.95 Å². The van der Waals surface area contributed by atoms with Gasteiger partial charge in [0, 0.05) is 6.08 Å². The lowest BCUT2D eigenvalue weighted by atomic mass is 10.00. The molecule has 0 amide bonds. The summed E-state index contributed by atoms with van der Waals surface area (Å²) < 4.78 is 21.6. The SMILES string of the molecule is C1=C(C=C(OCC2CO2)OCC2CO2)CCCC1. The lowest BCUT2D eigenvalue weighted by molar-refractivity contribution is 0.0233. The van der Waals surface area contributed by atoms with E-state index in [-0.39, 0.29) is 12.2 Å². The molecule has 0 aromatic rings. The average molecular weight is 252 g/mol. The van der Waals surface area contributed by atoms with Crippen LogP contribution in [0.5, 0.6) is 0 Å².